The summed E-state index contributed by atoms with van der Waals surface area (Å²) in [5, 5.41) is 99.0. The van der Waals surface area contributed by atoms with Crippen molar-refractivity contribution in [3.63, 3.8) is 0 Å². The molecule has 4 aromatic rings. The lowest BCUT2D eigenvalue weighted by molar-refractivity contribution is -0.143. The first kappa shape index (κ1) is 93.8. The van der Waals surface area contributed by atoms with E-state index < -0.39 is 250 Å². The summed E-state index contributed by atoms with van der Waals surface area (Å²) in [6.45, 7) is -1.68. The molecular weight excluding hydrogens is 1500 g/mol. The molecule has 0 bridgehead atoms. The number of nitrogens with one attached hydrogen (secondary N) is 14. The number of aliphatic carboxylic acids is 3. The van der Waals surface area contributed by atoms with Crippen LogP contribution in [0.5, 0.6) is 5.75 Å². The van der Waals surface area contributed by atoms with Gasteiger partial charge in [-0.1, -0.05) is 93.1 Å². The molecule has 13 atom stereocenters. The number of benzene rings is 3. The number of imidazole rings is 1. The second-order valence-corrected chi connectivity index (χ2v) is 26.4. The third kappa shape index (κ3) is 33.6. The molecule has 0 radical (unpaired) electrons. The number of aliphatic hydroxyl groups excluding tert-OH is 3. The molecule has 1 aromatic heterocycles. The molecule has 0 aliphatic rings. The highest BCUT2D eigenvalue weighted by molar-refractivity contribution is 6.00. The van der Waals surface area contributed by atoms with Crippen LogP contribution >= 0.6 is 0 Å². The van der Waals surface area contributed by atoms with Crippen molar-refractivity contribution in [2.75, 3.05) is 39.5 Å². The summed E-state index contributed by atoms with van der Waals surface area (Å²) in [6, 6.07) is 1.11. The second kappa shape index (κ2) is 49.0. The zero-order chi connectivity index (χ0) is 84.6. The van der Waals surface area contributed by atoms with Crippen molar-refractivity contribution in [2.45, 2.75) is 170 Å². The smallest absolute Gasteiger partial charge is 0.328 e. The molecule has 42 nitrogen and oxygen atoms in total. The van der Waals surface area contributed by atoms with Crippen LogP contribution in [0.2, 0.25) is 0 Å². The number of primary amides is 1. The maximum Gasteiger partial charge on any atom is 0.328 e. The number of hydrogen-bond donors (Lipinski definition) is 24. The Morgan fingerprint density at radius 1 is 0.439 bits per heavy atom. The number of aliphatic hydroxyl groups is 3. The number of carbonyl (C=O) groups excluding carboxylic acids is 14. The number of carboxylic acids is 3. The van der Waals surface area contributed by atoms with Gasteiger partial charge in [0.15, 0.2) is 0 Å². The van der Waals surface area contributed by atoms with Crippen LogP contribution < -0.4 is 86.3 Å². The number of aromatic nitrogens is 2. The highest BCUT2D eigenvalue weighted by Crippen LogP contribution is 2.16. The van der Waals surface area contributed by atoms with Gasteiger partial charge in [-0.05, 0) is 73.4 Å². The largest absolute Gasteiger partial charge is 0.508 e. The van der Waals surface area contributed by atoms with Crippen LogP contribution in [-0.2, 0) is 107 Å². The summed E-state index contributed by atoms with van der Waals surface area (Å²) in [5.41, 5.74) is 18.1. The summed E-state index contributed by atoms with van der Waals surface area (Å²) >= 11 is 0. The van der Waals surface area contributed by atoms with Crippen molar-refractivity contribution in [3.8, 4) is 5.75 Å². The molecule has 622 valence electrons. The van der Waals surface area contributed by atoms with E-state index in [9.17, 15) is 107 Å². The summed E-state index contributed by atoms with van der Waals surface area (Å²) in [4.78, 5) is 234. The van der Waals surface area contributed by atoms with Crippen molar-refractivity contribution in [1.82, 2.24) is 79.1 Å². The molecule has 0 aliphatic heterocycles. The van der Waals surface area contributed by atoms with Crippen LogP contribution in [0.4, 0.5) is 0 Å². The molecule has 1 heterocycles. The van der Waals surface area contributed by atoms with Gasteiger partial charge in [0, 0.05) is 44.7 Å². The predicted octanol–water partition coefficient (Wildman–Crippen LogP) is -7.88. The van der Waals surface area contributed by atoms with Crippen LogP contribution in [0, 0.1) is 5.92 Å². The third-order valence-electron chi connectivity index (χ3n) is 17.5. The third-order valence-corrected chi connectivity index (χ3v) is 17.5. The predicted molar refractivity (Wildman–Crippen MR) is 398 cm³/mol. The Kier molecular flexibility index (Phi) is 40.3. The van der Waals surface area contributed by atoms with E-state index >= 15 is 4.79 Å². The van der Waals surface area contributed by atoms with Gasteiger partial charge >= 0.3 is 17.9 Å². The Morgan fingerprint density at radius 3 is 1.26 bits per heavy atom. The lowest BCUT2D eigenvalue weighted by Gasteiger charge is -2.28. The SMILES string of the molecule is CC[C@H](C)[C@H](NC(=O)[C@@H](N)CCC(=O)O)C(=O)NCC(=O)N[C@@H](CC(N)=O)C(=O)NCC(=O)N[C@@H](CO)C(=O)N[C@@H](Cc1ccccc1)C(=O)N[C@@H](CCC(=O)O)C(=O)N[C@@H](Cc1ccccc1)C(=O)N[C@@H](Cc1ccc(O)cc1)C(=O)N[C@@H](Cc1c[nH]cn1)C(=O)N[C@@H](CCCCN)C(=O)N[C@@H](CO)C(=O)N[C@@H](CO)C(=O)O. The molecular formula is C72H100N18O24. The Bertz CT molecular complexity index is 3920. The number of nitrogens with zero attached hydrogens (tertiary/aromatic N) is 1. The van der Waals surface area contributed by atoms with Gasteiger partial charge in [-0.3, -0.25) is 76.7 Å². The monoisotopic (exact) mass is 1600 g/mol. The van der Waals surface area contributed by atoms with E-state index in [1.54, 1.807) is 74.5 Å². The van der Waals surface area contributed by atoms with E-state index in [0.29, 0.717) is 29.5 Å². The van der Waals surface area contributed by atoms with E-state index in [1.165, 1.54) is 36.8 Å². The second-order valence-electron chi connectivity index (χ2n) is 26.4. The maximum absolute atomic E-state index is 15.0. The Morgan fingerprint density at radius 2 is 0.833 bits per heavy atom. The van der Waals surface area contributed by atoms with Gasteiger partial charge in [0.25, 0.3) is 0 Å². The first-order valence-electron chi connectivity index (χ1n) is 36.1. The number of amides is 14. The highest BCUT2D eigenvalue weighted by atomic mass is 16.4. The Balaban J connectivity index is 1.60. The average molecular weight is 1600 g/mol. The molecule has 0 fully saturated rings. The van der Waals surface area contributed by atoms with Crippen molar-refractivity contribution in [2.24, 2.45) is 23.1 Å². The van der Waals surface area contributed by atoms with Gasteiger partial charge in [-0.2, -0.15) is 0 Å². The number of aromatic amines is 1. The fraction of sp³-hybridized carbons (Fsp3) is 0.472. The van der Waals surface area contributed by atoms with E-state index in [2.05, 4.69) is 73.8 Å². The van der Waals surface area contributed by atoms with Crippen LogP contribution in [0.3, 0.4) is 0 Å². The summed E-state index contributed by atoms with van der Waals surface area (Å²) in [5.74, 6) is -20.4. The molecule has 14 amide bonds. The topological polar surface area (TPSA) is 695 Å². The molecule has 42 heteroatoms. The van der Waals surface area contributed by atoms with Crippen molar-refractivity contribution in [1.29, 1.82) is 0 Å². The normalized spacial score (nSPS) is 14.4. The van der Waals surface area contributed by atoms with Crippen LogP contribution in [0.25, 0.3) is 0 Å². The summed E-state index contributed by atoms with van der Waals surface area (Å²) in [6.07, 6.45) is -1.19. The molecule has 0 saturated heterocycles. The van der Waals surface area contributed by atoms with Gasteiger partial charge in [-0.25, -0.2) is 9.78 Å². The van der Waals surface area contributed by atoms with E-state index in [4.69, 9.17) is 22.3 Å². The fourth-order valence-corrected chi connectivity index (χ4v) is 10.9. The fourth-order valence-electron chi connectivity index (χ4n) is 10.9. The van der Waals surface area contributed by atoms with Crippen LogP contribution in [0.15, 0.2) is 97.5 Å². The number of carbonyl (C=O) groups is 17. The number of H-pyrrole nitrogens is 1. The number of unbranched alkanes of at least 4 members (excludes halogenated alkanes) is 1. The van der Waals surface area contributed by atoms with Crippen LogP contribution in [0.1, 0.15) is 94.0 Å². The first-order chi connectivity index (χ1) is 54.2. The van der Waals surface area contributed by atoms with Crippen molar-refractivity contribution >= 4 is 101 Å². The van der Waals surface area contributed by atoms with E-state index in [-0.39, 0.29) is 50.1 Å². The number of phenolic OH excluding ortho intramolecular Hbond substituents is 1. The molecule has 0 unspecified atom stereocenters. The summed E-state index contributed by atoms with van der Waals surface area (Å²) in [7, 11) is 0. The number of hydrogen-bond acceptors (Lipinski definition) is 24. The van der Waals surface area contributed by atoms with Gasteiger partial charge in [0.05, 0.1) is 57.4 Å². The van der Waals surface area contributed by atoms with E-state index in [1.807, 2.05) is 5.32 Å². The molecule has 3 aromatic carbocycles. The number of phenols is 1. The minimum absolute atomic E-state index is 0.139. The Labute approximate surface area is 652 Å². The quantitative estimate of drug-likeness (QED) is 0.0183. The first-order valence-corrected chi connectivity index (χ1v) is 36.1. The molecule has 4 rings (SSSR count). The maximum atomic E-state index is 15.0. The number of aromatic hydroxyl groups is 1. The number of rotatable bonds is 52. The molecule has 114 heavy (non-hydrogen) atoms. The van der Waals surface area contributed by atoms with Crippen LogP contribution in [-0.4, -0.2) is 258 Å². The number of carboxylic acid groups (broad SMARTS) is 3. The van der Waals surface area contributed by atoms with Gasteiger partial charge in [0.2, 0.25) is 82.7 Å². The van der Waals surface area contributed by atoms with E-state index in [0.717, 1.165) is 0 Å². The standard InChI is InChI=1S/C72H100N18O24/c1-3-38(2)60(90-61(102)44(74)21-23-58(98)99)71(112)78-33-56(96)80-51(30-55(75)95)62(103)77-32-57(97)81-52(34-91)69(110)86-47(26-39-12-6-4-7-13-39)65(106)83-46(22-24-59(100)101)64(105)84-48(27-40-14-8-5-9-15-40)66(107)85-49(28-41-17-19-43(94)20-18-41)67(108)87-50(29-42-31-76-37-79-42)68(109)82-45(16-10-11-25-73)63(104)88-53(35-92)70(111)89-54(36-93)72(113)114/h4-9,12-15,17-20,31,37-38,44-54,60,91-94H,3,10-11,16,21-30,32-36,73-74H2,1-2H3,(H2,75,95)(H,76,79)(H,77,103)(H,78,112)(H,80,96)(H,81,97)(H,82,109)(H,83,106)(H,84,105)(H,85,107)(H,86,110)(H,87,108)(H,88,104)(H,89,111)(H,90,102)(H,98,99)(H,100,101)(H,113,114)/t38-,44-,45-,46-,47-,48-,49-,50-,51-,52-,53-,54-,60-/m0/s1. The lowest BCUT2D eigenvalue weighted by atomic mass is 9.97. The minimum atomic E-state index is -1.91. The van der Waals surface area contributed by atoms with Gasteiger partial charge < -0.3 is 127 Å². The molecule has 0 spiro atoms. The average Bonchev–Trinajstić information content (AvgIpc) is 0.909. The minimum Gasteiger partial charge on any atom is -0.508 e. The molecule has 27 N–H and O–H groups in total. The van der Waals surface area contributed by atoms with Gasteiger partial charge in [0.1, 0.15) is 72.2 Å². The molecule has 0 aliphatic carbocycles. The molecule has 0 saturated carbocycles. The highest BCUT2D eigenvalue weighted by Gasteiger charge is 2.38. The zero-order valence-corrected chi connectivity index (χ0v) is 62.4. The van der Waals surface area contributed by atoms with Crippen molar-refractivity contribution < 1.29 is 117 Å². The lowest BCUT2D eigenvalue weighted by Crippen LogP contribution is -2.61. The number of nitrogens with two attached hydrogens (primary N) is 3. The Hall–Kier alpha value is -12.5. The summed E-state index contributed by atoms with van der Waals surface area (Å²) < 4.78 is 0. The van der Waals surface area contributed by atoms with Gasteiger partial charge in [-0.15, -0.1) is 0 Å². The zero-order valence-electron chi connectivity index (χ0n) is 62.4. The van der Waals surface area contributed by atoms with Crippen molar-refractivity contribution in [3.05, 3.63) is 120 Å².